The quantitative estimate of drug-likeness (QED) is 0.840. The third-order valence-corrected chi connectivity index (χ3v) is 3.87. The number of nitrogens with one attached hydrogen (secondary N) is 1. The van der Waals surface area contributed by atoms with Crippen molar-refractivity contribution in [3.8, 4) is 5.75 Å². The molecule has 1 aliphatic rings. The number of hydrogen-bond acceptors (Lipinski definition) is 4. The number of piperazine rings is 1. The molecule has 0 bridgehead atoms. The van der Waals surface area contributed by atoms with Crippen molar-refractivity contribution in [2.24, 2.45) is 0 Å². The van der Waals surface area contributed by atoms with Crippen molar-refractivity contribution in [3.63, 3.8) is 0 Å². The summed E-state index contributed by atoms with van der Waals surface area (Å²) >= 11 is 0. The number of likely N-dealkylation sites (N-methyl/N-ethyl adjacent to an activating group) is 1. The highest BCUT2D eigenvalue weighted by Gasteiger charge is 2.13. The molecule has 4 nitrogen and oxygen atoms in total. The molecule has 1 unspecified atom stereocenters. The van der Waals surface area contributed by atoms with Gasteiger partial charge in [-0.25, -0.2) is 0 Å². The maximum absolute atomic E-state index is 9.28. The largest absolute Gasteiger partial charge is 0.508 e. The van der Waals surface area contributed by atoms with Gasteiger partial charge in [0, 0.05) is 45.3 Å². The molecule has 1 aromatic carbocycles. The molecule has 2 N–H and O–H groups in total. The van der Waals surface area contributed by atoms with E-state index in [9.17, 15) is 5.11 Å². The smallest absolute Gasteiger partial charge is 0.115 e. The number of phenols is 1. The summed E-state index contributed by atoms with van der Waals surface area (Å²) in [4.78, 5) is 4.89. The van der Waals surface area contributed by atoms with Crippen LogP contribution in [0.5, 0.6) is 5.75 Å². The van der Waals surface area contributed by atoms with Crippen molar-refractivity contribution >= 4 is 0 Å². The molecule has 1 atom stereocenters. The number of hydrogen-bond donors (Lipinski definition) is 2. The maximum Gasteiger partial charge on any atom is 0.115 e. The number of phenolic OH excluding ortho intramolecular Hbond substituents is 1. The molecular formula is C15H25N3O. The minimum atomic E-state index is 0.327. The lowest BCUT2D eigenvalue weighted by Crippen LogP contribution is -2.46. The Morgan fingerprint density at radius 3 is 2.42 bits per heavy atom. The maximum atomic E-state index is 9.28. The standard InChI is InChI=1S/C15H25N3O/c1-13(14-3-5-15(19)6-4-14)16-7-8-18-11-9-17(2)10-12-18/h3-6,13,16,19H,7-12H2,1-2H3. The van der Waals surface area contributed by atoms with E-state index in [2.05, 4.69) is 29.1 Å². The number of benzene rings is 1. The van der Waals surface area contributed by atoms with E-state index in [-0.39, 0.29) is 0 Å². The molecule has 0 radical (unpaired) electrons. The van der Waals surface area contributed by atoms with Crippen molar-refractivity contribution in [2.75, 3.05) is 46.3 Å². The van der Waals surface area contributed by atoms with Gasteiger partial charge in [0.15, 0.2) is 0 Å². The molecular weight excluding hydrogens is 238 g/mol. The van der Waals surface area contributed by atoms with Gasteiger partial charge in [0.1, 0.15) is 5.75 Å². The van der Waals surface area contributed by atoms with Crippen molar-refractivity contribution in [2.45, 2.75) is 13.0 Å². The molecule has 0 aromatic heterocycles. The minimum absolute atomic E-state index is 0.327. The lowest BCUT2D eigenvalue weighted by atomic mass is 10.1. The highest BCUT2D eigenvalue weighted by Crippen LogP contribution is 2.16. The first-order chi connectivity index (χ1) is 9.15. The summed E-state index contributed by atoms with van der Waals surface area (Å²) in [5, 5.41) is 12.8. The monoisotopic (exact) mass is 263 g/mol. The van der Waals surface area contributed by atoms with Crippen LogP contribution < -0.4 is 5.32 Å². The Bertz CT molecular complexity index is 371. The molecule has 1 fully saturated rings. The Labute approximate surface area is 116 Å². The Balaban J connectivity index is 1.69. The molecule has 0 aliphatic carbocycles. The van der Waals surface area contributed by atoms with Crippen molar-refractivity contribution in [3.05, 3.63) is 29.8 Å². The van der Waals surface area contributed by atoms with Gasteiger partial charge in [-0.15, -0.1) is 0 Å². The molecule has 4 heteroatoms. The summed E-state index contributed by atoms with van der Waals surface area (Å²) < 4.78 is 0. The average Bonchev–Trinajstić information content (AvgIpc) is 2.41. The van der Waals surface area contributed by atoms with Crippen LogP contribution in [-0.4, -0.2) is 61.2 Å². The fraction of sp³-hybridized carbons (Fsp3) is 0.600. The molecule has 0 saturated carbocycles. The first-order valence-corrected chi connectivity index (χ1v) is 7.08. The molecule has 0 amide bonds. The Morgan fingerprint density at radius 1 is 1.16 bits per heavy atom. The summed E-state index contributed by atoms with van der Waals surface area (Å²) in [5.41, 5.74) is 1.22. The minimum Gasteiger partial charge on any atom is -0.508 e. The number of rotatable bonds is 5. The number of aromatic hydroxyl groups is 1. The van der Waals surface area contributed by atoms with Crippen LogP contribution in [-0.2, 0) is 0 Å². The molecule has 19 heavy (non-hydrogen) atoms. The molecule has 1 aromatic rings. The zero-order valence-corrected chi connectivity index (χ0v) is 12.0. The van der Waals surface area contributed by atoms with Gasteiger partial charge in [0.05, 0.1) is 0 Å². The van der Waals surface area contributed by atoms with E-state index >= 15 is 0 Å². The normalized spacial score (nSPS) is 19.5. The highest BCUT2D eigenvalue weighted by atomic mass is 16.3. The molecule has 1 saturated heterocycles. The summed E-state index contributed by atoms with van der Waals surface area (Å²) in [6.45, 7) is 8.97. The van der Waals surface area contributed by atoms with Gasteiger partial charge >= 0.3 is 0 Å². The van der Waals surface area contributed by atoms with Crippen LogP contribution in [0.15, 0.2) is 24.3 Å². The summed E-state index contributed by atoms with van der Waals surface area (Å²) in [5.74, 6) is 0.327. The lowest BCUT2D eigenvalue weighted by Gasteiger charge is -2.32. The van der Waals surface area contributed by atoms with E-state index < -0.39 is 0 Å². The van der Waals surface area contributed by atoms with E-state index in [1.54, 1.807) is 12.1 Å². The van der Waals surface area contributed by atoms with Crippen LogP contribution in [0.1, 0.15) is 18.5 Å². The van der Waals surface area contributed by atoms with Crippen LogP contribution in [0.2, 0.25) is 0 Å². The van der Waals surface area contributed by atoms with E-state index in [1.165, 1.54) is 31.7 Å². The van der Waals surface area contributed by atoms with Gasteiger partial charge in [0.25, 0.3) is 0 Å². The first-order valence-electron chi connectivity index (χ1n) is 7.08. The van der Waals surface area contributed by atoms with E-state index in [4.69, 9.17) is 0 Å². The highest BCUT2D eigenvalue weighted by molar-refractivity contribution is 5.27. The second kappa shape index (κ2) is 6.89. The summed E-state index contributed by atoms with van der Waals surface area (Å²) in [6, 6.07) is 7.77. The Hall–Kier alpha value is -1.10. The van der Waals surface area contributed by atoms with Gasteiger partial charge in [-0.05, 0) is 31.7 Å². The second-order valence-corrected chi connectivity index (χ2v) is 5.41. The summed E-state index contributed by atoms with van der Waals surface area (Å²) in [7, 11) is 2.18. The van der Waals surface area contributed by atoms with E-state index in [0.717, 1.165) is 13.1 Å². The Kier molecular flexibility index (Phi) is 5.19. The summed E-state index contributed by atoms with van der Waals surface area (Å²) in [6.07, 6.45) is 0. The molecule has 1 heterocycles. The van der Waals surface area contributed by atoms with Gasteiger partial charge in [-0.3, -0.25) is 4.90 Å². The fourth-order valence-electron chi connectivity index (χ4n) is 2.39. The van der Waals surface area contributed by atoms with E-state index in [1.807, 2.05) is 12.1 Å². The second-order valence-electron chi connectivity index (χ2n) is 5.41. The van der Waals surface area contributed by atoms with Gasteiger partial charge in [0.2, 0.25) is 0 Å². The molecule has 2 rings (SSSR count). The van der Waals surface area contributed by atoms with Gasteiger partial charge < -0.3 is 15.3 Å². The first kappa shape index (κ1) is 14.3. The predicted molar refractivity (Wildman–Crippen MR) is 78.5 cm³/mol. The van der Waals surface area contributed by atoms with Crippen LogP contribution in [0, 0.1) is 0 Å². The van der Waals surface area contributed by atoms with Gasteiger partial charge in [-0.2, -0.15) is 0 Å². The number of nitrogens with zero attached hydrogens (tertiary/aromatic N) is 2. The Morgan fingerprint density at radius 2 is 1.79 bits per heavy atom. The van der Waals surface area contributed by atoms with E-state index in [0.29, 0.717) is 11.8 Å². The molecule has 0 spiro atoms. The van der Waals surface area contributed by atoms with Crippen molar-refractivity contribution in [1.29, 1.82) is 0 Å². The van der Waals surface area contributed by atoms with Crippen LogP contribution >= 0.6 is 0 Å². The van der Waals surface area contributed by atoms with Gasteiger partial charge in [-0.1, -0.05) is 12.1 Å². The lowest BCUT2D eigenvalue weighted by molar-refractivity contribution is 0.154. The average molecular weight is 263 g/mol. The fourth-order valence-corrected chi connectivity index (χ4v) is 2.39. The third kappa shape index (κ3) is 4.49. The molecule has 1 aliphatic heterocycles. The molecule has 106 valence electrons. The van der Waals surface area contributed by atoms with Crippen molar-refractivity contribution in [1.82, 2.24) is 15.1 Å². The van der Waals surface area contributed by atoms with Crippen LogP contribution in [0.4, 0.5) is 0 Å². The predicted octanol–water partition coefficient (Wildman–Crippen LogP) is 1.29. The topological polar surface area (TPSA) is 38.7 Å². The van der Waals surface area contributed by atoms with Crippen LogP contribution in [0.3, 0.4) is 0 Å². The zero-order chi connectivity index (χ0) is 13.7. The van der Waals surface area contributed by atoms with Crippen molar-refractivity contribution < 1.29 is 5.11 Å². The third-order valence-electron chi connectivity index (χ3n) is 3.87. The van der Waals surface area contributed by atoms with Crippen LogP contribution in [0.25, 0.3) is 0 Å². The SMILES string of the molecule is CC(NCCN1CCN(C)CC1)c1ccc(O)cc1. The zero-order valence-electron chi connectivity index (χ0n) is 12.0.